The number of aryl methyl sites for hydroxylation is 1. The number of hydrogen-bond donors (Lipinski definition) is 1. The lowest BCUT2D eigenvalue weighted by Crippen LogP contribution is -1.95. The van der Waals surface area contributed by atoms with Crippen LogP contribution >= 0.6 is 0 Å². The lowest BCUT2D eigenvalue weighted by Gasteiger charge is -1.99. The van der Waals surface area contributed by atoms with Crippen LogP contribution in [0.2, 0.25) is 0 Å². The normalized spacial score (nSPS) is 10.9. The topological polar surface area (TPSA) is 37.3 Å². The molecule has 1 aromatic carbocycles. The molecule has 0 spiro atoms. The molecule has 2 nitrogen and oxygen atoms in total. The zero-order valence-electron chi connectivity index (χ0n) is 11.1. The molecule has 0 aliphatic rings. The molecular formula is C16H22O2. The van der Waals surface area contributed by atoms with Crippen LogP contribution in [0.4, 0.5) is 0 Å². The van der Waals surface area contributed by atoms with E-state index < -0.39 is 0 Å². The number of phenols is 1. The molecule has 0 radical (unpaired) electrons. The molecule has 18 heavy (non-hydrogen) atoms. The van der Waals surface area contributed by atoms with Crippen molar-refractivity contribution < 1.29 is 9.90 Å². The number of hydrogen-bond acceptors (Lipinski definition) is 2. The number of allylic oxidation sites excluding steroid dienone is 2. The Bertz CT molecular complexity index is 377. The van der Waals surface area contributed by atoms with E-state index in [1.54, 1.807) is 18.2 Å². The molecule has 1 N–H and O–H groups in total. The van der Waals surface area contributed by atoms with Crippen LogP contribution in [0.5, 0.6) is 5.75 Å². The van der Waals surface area contributed by atoms with Gasteiger partial charge in [-0.3, -0.25) is 4.79 Å². The van der Waals surface area contributed by atoms with Gasteiger partial charge in [0.05, 0.1) is 0 Å². The molecule has 0 aromatic heterocycles. The maximum atomic E-state index is 11.6. The number of phenolic OH excluding ortho intramolecular Hbond substituents is 1. The van der Waals surface area contributed by atoms with E-state index in [0.717, 1.165) is 24.8 Å². The van der Waals surface area contributed by atoms with E-state index in [4.69, 9.17) is 5.11 Å². The Hall–Kier alpha value is -1.57. The van der Waals surface area contributed by atoms with Gasteiger partial charge >= 0.3 is 0 Å². The second-order valence-electron chi connectivity index (χ2n) is 4.53. The zero-order chi connectivity index (χ0) is 13.2. The van der Waals surface area contributed by atoms with Crippen LogP contribution in [0.15, 0.2) is 36.4 Å². The highest BCUT2D eigenvalue weighted by atomic mass is 16.3. The van der Waals surface area contributed by atoms with Gasteiger partial charge in [0.15, 0.2) is 5.78 Å². The Morgan fingerprint density at radius 2 is 1.94 bits per heavy atom. The van der Waals surface area contributed by atoms with Crippen molar-refractivity contribution in [3.8, 4) is 5.75 Å². The molecule has 0 heterocycles. The fraction of sp³-hybridized carbons (Fsp3) is 0.438. The maximum Gasteiger partial charge on any atom is 0.155 e. The van der Waals surface area contributed by atoms with Gasteiger partial charge in [0.1, 0.15) is 5.75 Å². The van der Waals surface area contributed by atoms with Gasteiger partial charge in [0, 0.05) is 6.42 Å². The molecule has 0 atom stereocenters. The quantitative estimate of drug-likeness (QED) is 0.555. The monoisotopic (exact) mass is 246 g/mol. The first-order chi connectivity index (χ1) is 8.72. The van der Waals surface area contributed by atoms with E-state index in [-0.39, 0.29) is 11.5 Å². The highest BCUT2D eigenvalue weighted by molar-refractivity contribution is 5.89. The van der Waals surface area contributed by atoms with Gasteiger partial charge in [-0.15, -0.1) is 0 Å². The van der Waals surface area contributed by atoms with Gasteiger partial charge in [-0.25, -0.2) is 0 Å². The van der Waals surface area contributed by atoms with Crippen LogP contribution in [-0.4, -0.2) is 10.9 Å². The van der Waals surface area contributed by atoms with Crippen LogP contribution in [0.3, 0.4) is 0 Å². The standard InChI is InChI=1S/C16H22O2/c1-2-3-4-5-6-7-15(17)11-8-14-9-12-16(18)13-10-14/h6-7,9-10,12-13,18H,2-5,8,11H2,1H3. The summed E-state index contributed by atoms with van der Waals surface area (Å²) in [5, 5.41) is 9.14. The van der Waals surface area contributed by atoms with Gasteiger partial charge in [-0.1, -0.05) is 38.0 Å². The molecule has 0 aliphatic carbocycles. The predicted octanol–water partition coefficient (Wildman–Crippen LogP) is 4.03. The first-order valence-electron chi connectivity index (χ1n) is 6.69. The average Bonchev–Trinajstić information content (AvgIpc) is 2.38. The molecular weight excluding hydrogens is 224 g/mol. The molecule has 0 saturated carbocycles. The zero-order valence-corrected chi connectivity index (χ0v) is 11.1. The number of benzene rings is 1. The lowest BCUT2D eigenvalue weighted by atomic mass is 10.1. The van der Waals surface area contributed by atoms with Crippen LogP contribution in [-0.2, 0) is 11.2 Å². The van der Waals surface area contributed by atoms with Crippen molar-refractivity contribution in [1.82, 2.24) is 0 Å². The van der Waals surface area contributed by atoms with E-state index in [9.17, 15) is 4.79 Å². The molecule has 0 unspecified atom stereocenters. The van der Waals surface area contributed by atoms with Gasteiger partial charge < -0.3 is 5.11 Å². The molecule has 0 fully saturated rings. The van der Waals surface area contributed by atoms with Crippen LogP contribution in [0.25, 0.3) is 0 Å². The summed E-state index contributed by atoms with van der Waals surface area (Å²) in [6.45, 7) is 2.17. The number of carbonyl (C=O) groups excluding carboxylic acids is 1. The molecule has 0 saturated heterocycles. The van der Waals surface area contributed by atoms with Crippen molar-refractivity contribution in [2.24, 2.45) is 0 Å². The van der Waals surface area contributed by atoms with Crippen molar-refractivity contribution in [1.29, 1.82) is 0 Å². The second kappa shape index (κ2) is 8.51. The van der Waals surface area contributed by atoms with E-state index in [0.29, 0.717) is 6.42 Å². The summed E-state index contributed by atoms with van der Waals surface area (Å²) in [7, 11) is 0. The maximum absolute atomic E-state index is 11.6. The van der Waals surface area contributed by atoms with E-state index in [1.807, 2.05) is 18.2 Å². The summed E-state index contributed by atoms with van der Waals surface area (Å²) in [6, 6.07) is 7.02. The third-order valence-electron chi connectivity index (χ3n) is 2.87. The Kier molecular flexibility index (Phi) is 6.85. The highest BCUT2D eigenvalue weighted by Crippen LogP contribution is 2.11. The third kappa shape index (κ3) is 6.24. The summed E-state index contributed by atoms with van der Waals surface area (Å²) >= 11 is 0. The van der Waals surface area contributed by atoms with Crippen molar-refractivity contribution >= 4 is 5.78 Å². The molecule has 1 rings (SSSR count). The van der Waals surface area contributed by atoms with Crippen molar-refractivity contribution in [2.45, 2.75) is 45.4 Å². The van der Waals surface area contributed by atoms with Crippen LogP contribution < -0.4 is 0 Å². The lowest BCUT2D eigenvalue weighted by molar-refractivity contribution is -0.114. The minimum absolute atomic E-state index is 0.180. The van der Waals surface area contributed by atoms with Gasteiger partial charge in [-0.2, -0.15) is 0 Å². The van der Waals surface area contributed by atoms with Crippen LogP contribution in [0, 0.1) is 0 Å². The highest BCUT2D eigenvalue weighted by Gasteiger charge is 1.99. The Balaban J connectivity index is 2.22. The number of unbranched alkanes of at least 4 members (excludes halogenated alkanes) is 3. The fourth-order valence-electron chi connectivity index (χ4n) is 1.74. The summed E-state index contributed by atoms with van der Waals surface area (Å²) in [5.74, 6) is 0.445. The molecule has 0 aliphatic heterocycles. The van der Waals surface area contributed by atoms with Crippen LogP contribution in [0.1, 0.15) is 44.6 Å². The minimum Gasteiger partial charge on any atom is -0.508 e. The number of aromatic hydroxyl groups is 1. The SMILES string of the molecule is CCCCCC=CC(=O)CCc1ccc(O)cc1. The number of ketones is 1. The van der Waals surface area contributed by atoms with E-state index in [2.05, 4.69) is 6.92 Å². The molecule has 98 valence electrons. The van der Waals surface area contributed by atoms with Gasteiger partial charge in [-0.05, 0) is 43.0 Å². The largest absolute Gasteiger partial charge is 0.508 e. The second-order valence-corrected chi connectivity index (χ2v) is 4.53. The predicted molar refractivity (Wildman–Crippen MR) is 74.7 cm³/mol. The molecule has 1 aromatic rings. The Morgan fingerprint density at radius 1 is 1.22 bits per heavy atom. The Labute approximate surface area is 109 Å². The van der Waals surface area contributed by atoms with Gasteiger partial charge in [0.25, 0.3) is 0 Å². The van der Waals surface area contributed by atoms with Crippen molar-refractivity contribution in [2.75, 3.05) is 0 Å². The van der Waals surface area contributed by atoms with Crippen molar-refractivity contribution in [3.63, 3.8) is 0 Å². The smallest absolute Gasteiger partial charge is 0.155 e. The number of rotatable bonds is 8. The van der Waals surface area contributed by atoms with Gasteiger partial charge in [0.2, 0.25) is 0 Å². The van der Waals surface area contributed by atoms with E-state index in [1.165, 1.54) is 12.8 Å². The fourth-order valence-corrected chi connectivity index (χ4v) is 1.74. The number of carbonyl (C=O) groups is 1. The summed E-state index contributed by atoms with van der Waals surface area (Å²) in [4.78, 5) is 11.6. The summed E-state index contributed by atoms with van der Waals surface area (Å²) in [6.07, 6.45) is 9.56. The third-order valence-corrected chi connectivity index (χ3v) is 2.87. The average molecular weight is 246 g/mol. The van der Waals surface area contributed by atoms with E-state index >= 15 is 0 Å². The molecule has 0 amide bonds. The summed E-state index contributed by atoms with van der Waals surface area (Å²) in [5.41, 5.74) is 1.08. The first kappa shape index (κ1) is 14.5. The van der Waals surface area contributed by atoms with Crippen molar-refractivity contribution in [3.05, 3.63) is 42.0 Å². The molecule has 2 heteroatoms. The Morgan fingerprint density at radius 3 is 2.61 bits per heavy atom. The minimum atomic E-state index is 0.180. The first-order valence-corrected chi connectivity index (χ1v) is 6.69. The molecule has 0 bridgehead atoms. The summed E-state index contributed by atoms with van der Waals surface area (Å²) < 4.78 is 0.